The van der Waals surface area contributed by atoms with Crippen molar-refractivity contribution >= 4 is 34.8 Å². The highest BCUT2D eigenvalue weighted by Crippen LogP contribution is 2.35. The van der Waals surface area contributed by atoms with Crippen molar-refractivity contribution in [3.63, 3.8) is 0 Å². The molecule has 0 fully saturated rings. The number of ether oxygens (including phenoxy) is 1. The number of carbonyl (C=O) groups is 1. The third kappa shape index (κ3) is 5.80. The van der Waals surface area contributed by atoms with Crippen molar-refractivity contribution in [2.24, 2.45) is 0 Å². The van der Waals surface area contributed by atoms with Crippen LogP contribution < -0.4 is 4.74 Å². The second-order valence-corrected chi connectivity index (χ2v) is 9.80. The third-order valence-electron chi connectivity index (χ3n) is 4.34. The number of nitrogens with zero attached hydrogens (tertiary/aromatic N) is 2. The number of nitro benzene ring substituents is 1. The third-order valence-corrected chi connectivity index (χ3v) is 6.51. The molecule has 1 aromatic heterocycles. The molecule has 3 aromatic rings. The molecular formula is C21H19FN2O5S2. The van der Waals surface area contributed by atoms with Crippen LogP contribution in [0.5, 0.6) is 5.75 Å². The first-order chi connectivity index (χ1) is 14.7. The summed E-state index contributed by atoms with van der Waals surface area (Å²) in [6.45, 7) is 3.39. The van der Waals surface area contributed by atoms with Gasteiger partial charge in [-0.3, -0.25) is 14.9 Å². The van der Waals surface area contributed by atoms with Crippen LogP contribution in [0.25, 0.3) is 11.1 Å². The second kappa shape index (κ2) is 9.44. The Labute approximate surface area is 186 Å². The monoisotopic (exact) mass is 462 g/mol. The highest BCUT2D eigenvalue weighted by atomic mass is 32.2. The lowest BCUT2D eigenvalue weighted by Gasteiger charge is -2.15. The molecule has 0 atom stereocenters. The van der Waals surface area contributed by atoms with Gasteiger partial charge in [0.1, 0.15) is 10.6 Å². The molecule has 10 heteroatoms. The van der Waals surface area contributed by atoms with E-state index in [0.29, 0.717) is 21.9 Å². The Bertz CT molecular complexity index is 1100. The predicted molar refractivity (Wildman–Crippen MR) is 117 cm³/mol. The van der Waals surface area contributed by atoms with Gasteiger partial charge in [-0.1, -0.05) is 30.0 Å². The Morgan fingerprint density at radius 2 is 1.94 bits per heavy atom. The van der Waals surface area contributed by atoms with Crippen molar-refractivity contribution < 1.29 is 24.0 Å². The predicted octanol–water partition coefficient (Wildman–Crippen LogP) is 5.43. The van der Waals surface area contributed by atoms with E-state index in [4.69, 9.17) is 4.74 Å². The van der Waals surface area contributed by atoms with Gasteiger partial charge >= 0.3 is 11.7 Å². The van der Waals surface area contributed by atoms with E-state index in [2.05, 4.69) is 4.98 Å². The molecule has 0 amide bonds. The summed E-state index contributed by atoms with van der Waals surface area (Å²) in [6.07, 6.45) is 0.418. The van der Waals surface area contributed by atoms with E-state index in [-0.39, 0.29) is 23.9 Å². The molecule has 2 aromatic carbocycles. The number of halogens is 1. The molecule has 1 N–H and O–H groups in total. The molecule has 0 saturated carbocycles. The first-order valence-electron chi connectivity index (χ1n) is 9.20. The van der Waals surface area contributed by atoms with Crippen molar-refractivity contribution in [3.05, 3.63) is 69.5 Å². The standard InChI is InChI=1S/C21H19FN2O5S2/c1-21(2,19(25)26)31-20-23-16(12-30-20)9-10-29-18-8-5-14(11-17(18)24(27)28)13-3-6-15(22)7-4-13/h3-8,11-12H,9-10H2,1-2H3,(H,25,26). The summed E-state index contributed by atoms with van der Waals surface area (Å²) in [6, 6.07) is 10.3. The molecule has 0 radical (unpaired) electrons. The maximum absolute atomic E-state index is 13.1. The van der Waals surface area contributed by atoms with Crippen molar-refractivity contribution in [3.8, 4) is 16.9 Å². The van der Waals surface area contributed by atoms with Gasteiger partial charge in [-0.05, 0) is 43.2 Å². The smallest absolute Gasteiger partial charge is 0.319 e. The molecule has 0 aliphatic rings. The molecular weight excluding hydrogens is 443 g/mol. The minimum atomic E-state index is -0.988. The van der Waals surface area contributed by atoms with Crippen LogP contribution in [-0.4, -0.2) is 32.3 Å². The van der Waals surface area contributed by atoms with Crippen LogP contribution in [-0.2, 0) is 11.2 Å². The van der Waals surface area contributed by atoms with Crippen LogP contribution in [0.3, 0.4) is 0 Å². The maximum atomic E-state index is 13.1. The summed E-state index contributed by atoms with van der Waals surface area (Å²) >= 11 is 2.51. The van der Waals surface area contributed by atoms with Gasteiger partial charge in [0, 0.05) is 17.9 Å². The zero-order chi connectivity index (χ0) is 22.6. The number of carboxylic acids is 1. The lowest BCUT2D eigenvalue weighted by molar-refractivity contribution is -0.385. The number of nitro groups is 1. The molecule has 31 heavy (non-hydrogen) atoms. The van der Waals surface area contributed by atoms with E-state index < -0.39 is 15.6 Å². The number of carboxylic acid groups (broad SMARTS) is 1. The minimum Gasteiger partial charge on any atom is -0.486 e. The van der Waals surface area contributed by atoms with Gasteiger partial charge in [-0.2, -0.15) is 0 Å². The van der Waals surface area contributed by atoms with E-state index in [1.165, 1.54) is 47.4 Å². The van der Waals surface area contributed by atoms with E-state index in [0.717, 1.165) is 5.69 Å². The van der Waals surface area contributed by atoms with E-state index in [9.17, 15) is 24.4 Å². The van der Waals surface area contributed by atoms with Crippen molar-refractivity contribution in [1.82, 2.24) is 4.98 Å². The summed E-state index contributed by atoms with van der Waals surface area (Å²) in [5.74, 6) is -1.17. The average Bonchev–Trinajstić information content (AvgIpc) is 3.15. The molecule has 0 bridgehead atoms. The van der Waals surface area contributed by atoms with E-state index >= 15 is 0 Å². The molecule has 0 spiro atoms. The number of hydrogen-bond donors (Lipinski definition) is 1. The van der Waals surface area contributed by atoms with Crippen molar-refractivity contribution in [2.45, 2.75) is 29.4 Å². The second-order valence-electron chi connectivity index (χ2n) is 7.07. The number of thioether (sulfide) groups is 1. The van der Waals surface area contributed by atoms with Crippen LogP contribution in [0.1, 0.15) is 19.5 Å². The number of benzene rings is 2. The molecule has 7 nitrogen and oxygen atoms in total. The van der Waals surface area contributed by atoms with E-state index in [1.807, 2.05) is 5.38 Å². The minimum absolute atomic E-state index is 0.132. The Morgan fingerprint density at radius 3 is 2.58 bits per heavy atom. The fourth-order valence-corrected chi connectivity index (χ4v) is 4.81. The molecule has 0 aliphatic carbocycles. The SMILES string of the molecule is CC(C)(Sc1nc(CCOc2ccc(-c3ccc(F)cc3)cc2[N+](=O)[O-])cs1)C(=O)O. The lowest BCUT2D eigenvalue weighted by Crippen LogP contribution is -2.26. The summed E-state index contributed by atoms with van der Waals surface area (Å²) in [5, 5.41) is 22.5. The zero-order valence-electron chi connectivity index (χ0n) is 16.7. The van der Waals surface area contributed by atoms with E-state index in [1.54, 1.807) is 32.0 Å². The largest absolute Gasteiger partial charge is 0.486 e. The fourth-order valence-electron chi connectivity index (χ4n) is 2.58. The van der Waals surface area contributed by atoms with Crippen LogP contribution in [0, 0.1) is 15.9 Å². The number of rotatable bonds is 9. The van der Waals surface area contributed by atoms with Gasteiger partial charge in [0.2, 0.25) is 0 Å². The van der Waals surface area contributed by atoms with Gasteiger partial charge in [-0.25, -0.2) is 9.37 Å². The average molecular weight is 463 g/mol. The fraction of sp³-hybridized carbons (Fsp3) is 0.238. The van der Waals surface area contributed by atoms with Crippen LogP contribution >= 0.6 is 23.1 Å². The summed E-state index contributed by atoms with van der Waals surface area (Å²) in [7, 11) is 0. The molecule has 0 aliphatic heterocycles. The number of hydrogen-bond acceptors (Lipinski definition) is 7. The van der Waals surface area contributed by atoms with Crippen molar-refractivity contribution in [2.75, 3.05) is 6.61 Å². The van der Waals surface area contributed by atoms with Gasteiger partial charge in [0.15, 0.2) is 10.1 Å². The van der Waals surface area contributed by atoms with Crippen LogP contribution in [0.4, 0.5) is 10.1 Å². The Hall–Kier alpha value is -2.98. The lowest BCUT2D eigenvalue weighted by atomic mass is 10.0. The molecule has 3 rings (SSSR count). The summed E-state index contributed by atoms with van der Waals surface area (Å²) < 4.78 is 18.4. The topological polar surface area (TPSA) is 103 Å². The first-order valence-corrected chi connectivity index (χ1v) is 10.9. The summed E-state index contributed by atoms with van der Waals surface area (Å²) in [4.78, 5) is 26.6. The number of aliphatic carboxylic acids is 1. The highest BCUT2D eigenvalue weighted by Gasteiger charge is 2.29. The number of aromatic nitrogens is 1. The Morgan fingerprint density at radius 1 is 1.26 bits per heavy atom. The highest BCUT2D eigenvalue weighted by molar-refractivity contribution is 8.02. The normalized spacial score (nSPS) is 11.3. The number of thiazole rings is 1. The van der Waals surface area contributed by atoms with Crippen LogP contribution in [0.15, 0.2) is 52.2 Å². The van der Waals surface area contributed by atoms with Gasteiger partial charge in [0.05, 0.1) is 17.2 Å². The molecule has 1 heterocycles. The molecule has 0 saturated heterocycles. The van der Waals surface area contributed by atoms with Gasteiger partial charge < -0.3 is 9.84 Å². The quantitative estimate of drug-likeness (QED) is 0.257. The molecule has 162 valence electrons. The Kier molecular flexibility index (Phi) is 6.91. The zero-order valence-corrected chi connectivity index (χ0v) is 18.3. The first kappa shape index (κ1) is 22.7. The van der Waals surface area contributed by atoms with Crippen LogP contribution in [0.2, 0.25) is 0 Å². The summed E-state index contributed by atoms with van der Waals surface area (Å²) in [5.41, 5.74) is 1.79. The maximum Gasteiger partial charge on any atom is 0.319 e. The Balaban J connectivity index is 1.66. The van der Waals surface area contributed by atoms with Gasteiger partial charge in [-0.15, -0.1) is 11.3 Å². The van der Waals surface area contributed by atoms with Crippen molar-refractivity contribution in [1.29, 1.82) is 0 Å². The van der Waals surface area contributed by atoms with Gasteiger partial charge in [0.25, 0.3) is 0 Å². The molecule has 0 unspecified atom stereocenters.